The lowest BCUT2D eigenvalue weighted by Crippen LogP contribution is -2.19. The molecule has 9 aromatic carbocycles. The maximum Gasteiger partial charge on any atom is 0.0541 e. The van der Waals surface area contributed by atoms with Gasteiger partial charge in [0, 0.05) is 44.9 Å². The SMILES string of the molecule is CC1(C)c2ccccc2-c2ccc(N(C3=CCC(c4cccc5cccc(-c6ccc7c(c6)c6ccccc6n7-c6ccc7ccccc7c6)c45)C=C3)c3ccccc3)cc21. The highest BCUT2D eigenvalue weighted by atomic mass is 15.1. The summed E-state index contributed by atoms with van der Waals surface area (Å²) >= 11 is 0. The van der Waals surface area contributed by atoms with Crippen molar-refractivity contribution in [2.24, 2.45) is 0 Å². The molecule has 0 N–H and O–H groups in total. The van der Waals surface area contributed by atoms with Crippen molar-refractivity contribution in [2.45, 2.75) is 31.6 Å². The Morgan fingerprint density at radius 3 is 2.10 bits per heavy atom. The van der Waals surface area contributed by atoms with E-state index in [1.54, 1.807) is 0 Å². The van der Waals surface area contributed by atoms with E-state index >= 15 is 0 Å². The molecule has 1 heterocycles. The molecule has 0 aliphatic heterocycles. The number of fused-ring (bicyclic) bond motifs is 8. The van der Waals surface area contributed by atoms with Crippen LogP contribution in [0.5, 0.6) is 0 Å². The van der Waals surface area contributed by atoms with E-state index in [0.717, 1.165) is 12.1 Å². The molecule has 0 saturated heterocycles. The summed E-state index contributed by atoms with van der Waals surface area (Å²) in [4.78, 5) is 2.43. The van der Waals surface area contributed by atoms with Crippen molar-refractivity contribution >= 4 is 54.7 Å². The molecular formula is C59H44N2. The van der Waals surface area contributed by atoms with Crippen molar-refractivity contribution in [3.8, 4) is 27.9 Å². The van der Waals surface area contributed by atoms with Gasteiger partial charge in [-0.15, -0.1) is 0 Å². The maximum absolute atomic E-state index is 2.44. The molecule has 0 bridgehead atoms. The molecule has 0 spiro atoms. The molecule has 1 unspecified atom stereocenters. The molecule has 2 aliphatic rings. The summed E-state index contributed by atoms with van der Waals surface area (Å²) in [6.07, 6.45) is 8.14. The van der Waals surface area contributed by atoms with Gasteiger partial charge in [0.1, 0.15) is 0 Å². The average Bonchev–Trinajstić information content (AvgIpc) is 3.76. The van der Waals surface area contributed by atoms with Crippen LogP contribution in [0.4, 0.5) is 11.4 Å². The molecule has 10 aromatic rings. The maximum atomic E-state index is 2.44. The van der Waals surface area contributed by atoms with Gasteiger partial charge in [-0.1, -0.05) is 166 Å². The Hall–Kier alpha value is -7.42. The Morgan fingerprint density at radius 1 is 0.508 bits per heavy atom. The third kappa shape index (κ3) is 5.63. The number of nitrogens with zero attached hydrogens (tertiary/aromatic N) is 2. The summed E-state index contributed by atoms with van der Waals surface area (Å²) in [7, 11) is 0. The van der Waals surface area contributed by atoms with Crippen LogP contribution in [0, 0.1) is 0 Å². The lowest BCUT2D eigenvalue weighted by molar-refractivity contribution is 0.660. The van der Waals surface area contributed by atoms with E-state index in [4.69, 9.17) is 0 Å². The minimum Gasteiger partial charge on any atom is -0.311 e. The lowest BCUT2D eigenvalue weighted by atomic mass is 9.82. The van der Waals surface area contributed by atoms with Crippen molar-refractivity contribution in [1.82, 2.24) is 4.57 Å². The van der Waals surface area contributed by atoms with Gasteiger partial charge in [0.15, 0.2) is 0 Å². The minimum absolute atomic E-state index is 0.0723. The fourth-order valence-corrected chi connectivity index (χ4v) is 10.5. The second-order valence-corrected chi connectivity index (χ2v) is 17.3. The van der Waals surface area contributed by atoms with Crippen molar-refractivity contribution < 1.29 is 0 Å². The van der Waals surface area contributed by atoms with Crippen LogP contribution in [0.25, 0.3) is 71.3 Å². The zero-order valence-electron chi connectivity index (χ0n) is 34.4. The summed E-state index contributed by atoms with van der Waals surface area (Å²) in [6, 6.07) is 71.8. The molecule has 0 fully saturated rings. The highest BCUT2D eigenvalue weighted by Gasteiger charge is 2.36. The van der Waals surface area contributed by atoms with Gasteiger partial charge in [-0.2, -0.15) is 0 Å². The normalized spacial score (nSPS) is 15.3. The third-order valence-corrected chi connectivity index (χ3v) is 13.5. The standard InChI is InChI=1S/C59H44N2/c1-59(2)54-24-10-8-20-50(54)51-34-33-47(38-55(51)59)60(44-18-4-3-5-19-44)45-30-27-40(28-31-45)48-22-12-16-41-17-13-23-49(58(41)48)43-29-35-57-53(37-43)52-21-9-11-25-56(52)61(57)46-32-26-39-14-6-7-15-42(39)36-46/h3-27,29-38,40H,28H2,1-2H3. The number of benzene rings is 9. The van der Waals surface area contributed by atoms with E-state index in [9.17, 15) is 0 Å². The average molecular weight is 781 g/mol. The predicted octanol–water partition coefficient (Wildman–Crippen LogP) is 15.8. The highest BCUT2D eigenvalue weighted by Crippen LogP contribution is 2.50. The first kappa shape index (κ1) is 35.5. The van der Waals surface area contributed by atoms with E-state index in [-0.39, 0.29) is 11.3 Å². The molecule has 61 heavy (non-hydrogen) atoms. The molecule has 0 saturated carbocycles. The molecule has 12 rings (SSSR count). The Kier molecular flexibility index (Phi) is 8.05. The molecule has 290 valence electrons. The minimum atomic E-state index is -0.0723. The van der Waals surface area contributed by atoms with E-state index in [0.29, 0.717) is 0 Å². The van der Waals surface area contributed by atoms with Crippen molar-refractivity contribution in [3.05, 3.63) is 235 Å². The number of aromatic nitrogens is 1. The largest absolute Gasteiger partial charge is 0.311 e. The van der Waals surface area contributed by atoms with E-state index in [2.05, 4.69) is 236 Å². The number of hydrogen-bond donors (Lipinski definition) is 0. The smallest absolute Gasteiger partial charge is 0.0541 e. The molecule has 2 heteroatoms. The second-order valence-electron chi connectivity index (χ2n) is 17.3. The number of rotatable bonds is 6. The quantitative estimate of drug-likeness (QED) is 0.163. The van der Waals surface area contributed by atoms with Crippen LogP contribution < -0.4 is 4.90 Å². The zero-order chi connectivity index (χ0) is 40.7. The molecule has 2 nitrogen and oxygen atoms in total. The highest BCUT2D eigenvalue weighted by molar-refractivity contribution is 6.12. The number of allylic oxidation sites excluding steroid dienone is 3. The first-order valence-electron chi connectivity index (χ1n) is 21.5. The summed E-state index contributed by atoms with van der Waals surface area (Å²) in [5, 5.41) is 7.62. The van der Waals surface area contributed by atoms with Gasteiger partial charge in [0.2, 0.25) is 0 Å². The van der Waals surface area contributed by atoms with Gasteiger partial charge in [-0.25, -0.2) is 0 Å². The number of hydrogen-bond acceptors (Lipinski definition) is 1. The van der Waals surface area contributed by atoms with Crippen molar-refractivity contribution in [2.75, 3.05) is 4.90 Å². The Morgan fingerprint density at radius 2 is 1.23 bits per heavy atom. The van der Waals surface area contributed by atoms with Crippen LogP contribution in [0.1, 0.15) is 42.9 Å². The van der Waals surface area contributed by atoms with Crippen LogP contribution >= 0.6 is 0 Å². The molecule has 1 aromatic heterocycles. The monoisotopic (exact) mass is 780 g/mol. The fourth-order valence-electron chi connectivity index (χ4n) is 10.5. The van der Waals surface area contributed by atoms with Crippen LogP contribution in [0.2, 0.25) is 0 Å². The van der Waals surface area contributed by atoms with Crippen molar-refractivity contribution in [1.29, 1.82) is 0 Å². The topological polar surface area (TPSA) is 8.17 Å². The van der Waals surface area contributed by atoms with Gasteiger partial charge in [-0.05, 0) is 128 Å². The van der Waals surface area contributed by atoms with Gasteiger partial charge < -0.3 is 9.47 Å². The first-order chi connectivity index (χ1) is 30.0. The van der Waals surface area contributed by atoms with E-state index in [1.165, 1.54) is 99.4 Å². The Bertz CT molecular complexity index is 3430. The summed E-state index contributed by atoms with van der Waals surface area (Å²) < 4.78 is 2.42. The Balaban J connectivity index is 0.930. The van der Waals surface area contributed by atoms with Gasteiger partial charge in [-0.3, -0.25) is 0 Å². The van der Waals surface area contributed by atoms with E-state index < -0.39 is 0 Å². The third-order valence-electron chi connectivity index (χ3n) is 13.5. The molecule has 0 radical (unpaired) electrons. The fraction of sp³-hybridized carbons (Fsp3) is 0.0847. The summed E-state index contributed by atoms with van der Waals surface area (Å²) in [5.74, 6) is 0.234. The van der Waals surface area contributed by atoms with Crippen LogP contribution in [0.3, 0.4) is 0 Å². The van der Waals surface area contributed by atoms with Crippen molar-refractivity contribution in [3.63, 3.8) is 0 Å². The predicted molar refractivity (Wildman–Crippen MR) is 258 cm³/mol. The first-order valence-corrected chi connectivity index (χ1v) is 21.5. The summed E-state index contributed by atoms with van der Waals surface area (Å²) in [6.45, 7) is 4.72. The van der Waals surface area contributed by atoms with Crippen LogP contribution in [-0.2, 0) is 5.41 Å². The van der Waals surface area contributed by atoms with Crippen LogP contribution in [0.15, 0.2) is 218 Å². The van der Waals surface area contributed by atoms with Crippen LogP contribution in [-0.4, -0.2) is 4.57 Å². The van der Waals surface area contributed by atoms with E-state index in [1.807, 2.05) is 0 Å². The molecular weight excluding hydrogens is 737 g/mol. The zero-order valence-corrected chi connectivity index (χ0v) is 34.4. The number of para-hydroxylation sites is 2. The molecule has 1 atom stereocenters. The second kappa shape index (κ2) is 13.8. The summed E-state index contributed by atoms with van der Waals surface area (Å²) in [5.41, 5.74) is 16.4. The Labute approximate surface area is 357 Å². The molecule has 2 aliphatic carbocycles. The lowest BCUT2D eigenvalue weighted by Gasteiger charge is -2.31. The molecule has 0 amide bonds. The van der Waals surface area contributed by atoms with Gasteiger partial charge >= 0.3 is 0 Å². The van der Waals surface area contributed by atoms with Gasteiger partial charge in [0.05, 0.1) is 11.0 Å². The number of anilines is 2. The van der Waals surface area contributed by atoms with Gasteiger partial charge in [0.25, 0.3) is 0 Å².